The van der Waals surface area contributed by atoms with E-state index in [1.54, 1.807) is 11.0 Å². The number of pyridine rings is 1. The highest BCUT2D eigenvalue weighted by Crippen LogP contribution is 2.22. The van der Waals surface area contributed by atoms with Crippen LogP contribution in [0.25, 0.3) is 0 Å². The minimum absolute atomic E-state index is 0.00110. The van der Waals surface area contributed by atoms with E-state index in [0.717, 1.165) is 12.0 Å². The molecule has 0 aromatic carbocycles. The van der Waals surface area contributed by atoms with Crippen molar-refractivity contribution < 1.29 is 9.53 Å². The lowest BCUT2D eigenvalue weighted by Crippen LogP contribution is -2.25. The SMILES string of the molecule is C[C@@H](N)COCc1cc(N)nc(N2CCCC2=O)c1. The molecule has 4 N–H and O–H groups in total. The molecular formula is C13H20N4O2. The molecule has 0 bridgehead atoms. The zero-order valence-electron chi connectivity index (χ0n) is 11.1. The van der Waals surface area contributed by atoms with Crippen molar-refractivity contribution in [2.75, 3.05) is 23.8 Å². The molecule has 2 rings (SSSR count). The Labute approximate surface area is 112 Å². The number of aromatic nitrogens is 1. The molecule has 19 heavy (non-hydrogen) atoms. The topological polar surface area (TPSA) is 94.5 Å². The fourth-order valence-corrected chi connectivity index (χ4v) is 2.07. The van der Waals surface area contributed by atoms with E-state index in [9.17, 15) is 4.79 Å². The lowest BCUT2D eigenvalue weighted by atomic mass is 10.2. The number of nitrogen functional groups attached to an aromatic ring is 1. The Morgan fingerprint density at radius 2 is 2.32 bits per heavy atom. The zero-order chi connectivity index (χ0) is 13.8. The number of rotatable bonds is 5. The van der Waals surface area contributed by atoms with Gasteiger partial charge >= 0.3 is 0 Å². The lowest BCUT2D eigenvalue weighted by molar-refractivity contribution is -0.117. The molecule has 104 valence electrons. The van der Waals surface area contributed by atoms with Crippen molar-refractivity contribution >= 4 is 17.5 Å². The van der Waals surface area contributed by atoms with E-state index in [1.807, 2.05) is 13.0 Å². The smallest absolute Gasteiger partial charge is 0.228 e. The van der Waals surface area contributed by atoms with Crippen molar-refractivity contribution in [3.8, 4) is 0 Å². The van der Waals surface area contributed by atoms with Crippen LogP contribution < -0.4 is 16.4 Å². The van der Waals surface area contributed by atoms with E-state index in [4.69, 9.17) is 16.2 Å². The molecular weight excluding hydrogens is 244 g/mol. The average molecular weight is 264 g/mol. The first-order valence-corrected chi connectivity index (χ1v) is 6.46. The van der Waals surface area contributed by atoms with Crippen LogP contribution in [-0.4, -0.2) is 30.1 Å². The van der Waals surface area contributed by atoms with Crippen LogP contribution in [0.5, 0.6) is 0 Å². The maximum Gasteiger partial charge on any atom is 0.228 e. The van der Waals surface area contributed by atoms with Crippen LogP contribution in [0.3, 0.4) is 0 Å². The number of carbonyl (C=O) groups is 1. The van der Waals surface area contributed by atoms with Crippen molar-refractivity contribution in [2.24, 2.45) is 5.73 Å². The minimum Gasteiger partial charge on any atom is -0.384 e. The first-order valence-electron chi connectivity index (χ1n) is 6.46. The number of anilines is 2. The second-order valence-electron chi connectivity index (χ2n) is 4.90. The molecule has 0 aliphatic carbocycles. The van der Waals surface area contributed by atoms with Crippen molar-refractivity contribution in [2.45, 2.75) is 32.4 Å². The molecule has 1 aromatic heterocycles. The van der Waals surface area contributed by atoms with E-state index in [-0.39, 0.29) is 11.9 Å². The summed E-state index contributed by atoms with van der Waals surface area (Å²) in [7, 11) is 0. The molecule has 1 aliphatic heterocycles. The molecule has 0 saturated carbocycles. The Balaban J connectivity index is 2.08. The van der Waals surface area contributed by atoms with Crippen molar-refractivity contribution in [1.82, 2.24) is 4.98 Å². The molecule has 1 aromatic rings. The second kappa shape index (κ2) is 5.99. The molecule has 6 nitrogen and oxygen atoms in total. The zero-order valence-corrected chi connectivity index (χ0v) is 11.1. The van der Waals surface area contributed by atoms with Gasteiger partial charge in [-0.1, -0.05) is 0 Å². The van der Waals surface area contributed by atoms with Gasteiger partial charge in [0.2, 0.25) is 5.91 Å². The summed E-state index contributed by atoms with van der Waals surface area (Å²) in [6.45, 7) is 3.49. The molecule has 0 spiro atoms. The highest BCUT2D eigenvalue weighted by molar-refractivity contribution is 5.94. The van der Waals surface area contributed by atoms with Gasteiger partial charge in [0.15, 0.2) is 0 Å². The Bertz CT molecular complexity index is 462. The van der Waals surface area contributed by atoms with E-state index >= 15 is 0 Å². The summed E-state index contributed by atoms with van der Waals surface area (Å²) in [6, 6.07) is 3.60. The maximum absolute atomic E-state index is 11.7. The molecule has 1 fully saturated rings. The van der Waals surface area contributed by atoms with Crippen LogP contribution >= 0.6 is 0 Å². The molecule has 6 heteroatoms. The molecule has 2 heterocycles. The number of hydrogen-bond acceptors (Lipinski definition) is 5. The van der Waals surface area contributed by atoms with Gasteiger partial charge in [-0.3, -0.25) is 9.69 Å². The number of carbonyl (C=O) groups excluding carboxylic acids is 1. The summed E-state index contributed by atoms with van der Waals surface area (Å²) >= 11 is 0. The van der Waals surface area contributed by atoms with Gasteiger partial charge < -0.3 is 16.2 Å². The van der Waals surface area contributed by atoms with E-state index < -0.39 is 0 Å². The van der Waals surface area contributed by atoms with Gasteiger partial charge in [-0.05, 0) is 31.0 Å². The summed E-state index contributed by atoms with van der Waals surface area (Å²) in [5.41, 5.74) is 12.3. The quantitative estimate of drug-likeness (QED) is 0.814. The van der Waals surface area contributed by atoms with Crippen LogP contribution in [0.2, 0.25) is 0 Å². The van der Waals surface area contributed by atoms with Crippen molar-refractivity contribution in [1.29, 1.82) is 0 Å². The van der Waals surface area contributed by atoms with Gasteiger partial charge in [-0.2, -0.15) is 0 Å². The largest absolute Gasteiger partial charge is 0.384 e. The number of hydrogen-bond donors (Lipinski definition) is 2. The maximum atomic E-state index is 11.7. The van der Waals surface area contributed by atoms with Crippen LogP contribution in [-0.2, 0) is 16.1 Å². The highest BCUT2D eigenvalue weighted by atomic mass is 16.5. The normalized spacial score (nSPS) is 16.9. The summed E-state index contributed by atoms with van der Waals surface area (Å²) in [5.74, 6) is 1.11. The monoisotopic (exact) mass is 264 g/mol. The highest BCUT2D eigenvalue weighted by Gasteiger charge is 2.23. The molecule has 0 unspecified atom stereocenters. The molecule has 1 aliphatic rings. The van der Waals surface area contributed by atoms with E-state index in [0.29, 0.717) is 37.8 Å². The van der Waals surface area contributed by atoms with Gasteiger partial charge in [0.1, 0.15) is 11.6 Å². The Morgan fingerprint density at radius 1 is 1.53 bits per heavy atom. The molecule has 1 atom stereocenters. The third-order valence-corrected chi connectivity index (χ3v) is 2.89. The van der Waals surface area contributed by atoms with E-state index in [1.165, 1.54) is 0 Å². The first-order chi connectivity index (χ1) is 9.06. The Hall–Kier alpha value is -1.66. The summed E-state index contributed by atoms with van der Waals surface area (Å²) in [5, 5.41) is 0. The Kier molecular flexibility index (Phi) is 4.34. The van der Waals surface area contributed by atoms with Crippen LogP contribution in [0.15, 0.2) is 12.1 Å². The number of nitrogens with two attached hydrogens (primary N) is 2. The van der Waals surface area contributed by atoms with Gasteiger partial charge in [-0.25, -0.2) is 4.98 Å². The summed E-state index contributed by atoms with van der Waals surface area (Å²) < 4.78 is 5.47. The lowest BCUT2D eigenvalue weighted by Gasteiger charge is -2.16. The van der Waals surface area contributed by atoms with Gasteiger partial charge in [0, 0.05) is 19.0 Å². The standard InChI is InChI=1S/C13H20N4O2/c1-9(14)7-19-8-10-5-11(15)16-12(6-10)17-4-2-3-13(17)18/h5-6,9H,2-4,7-8,14H2,1H3,(H2,15,16)/t9-/m1/s1. The summed E-state index contributed by atoms with van der Waals surface area (Å²) in [6.07, 6.45) is 1.44. The van der Waals surface area contributed by atoms with Gasteiger partial charge in [0.25, 0.3) is 0 Å². The predicted octanol–water partition coefficient (Wildman–Crippen LogP) is 0.654. The minimum atomic E-state index is -0.00110. The fourth-order valence-electron chi connectivity index (χ4n) is 2.07. The van der Waals surface area contributed by atoms with Crippen molar-refractivity contribution in [3.63, 3.8) is 0 Å². The van der Waals surface area contributed by atoms with Crippen LogP contribution in [0.4, 0.5) is 11.6 Å². The van der Waals surface area contributed by atoms with Gasteiger partial charge in [-0.15, -0.1) is 0 Å². The number of amides is 1. The number of nitrogens with zero attached hydrogens (tertiary/aromatic N) is 2. The van der Waals surface area contributed by atoms with E-state index in [2.05, 4.69) is 4.98 Å². The molecule has 0 radical (unpaired) electrons. The molecule has 1 saturated heterocycles. The van der Waals surface area contributed by atoms with Crippen molar-refractivity contribution in [3.05, 3.63) is 17.7 Å². The molecule has 1 amide bonds. The third-order valence-electron chi connectivity index (χ3n) is 2.89. The second-order valence-corrected chi connectivity index (χ2v) is 4.90. The Morgan fingerprint density at radius 3 is 2.95 bits per heavy atom. The number of ether oxygens (including phenoxy) is 1. The third kappa shape index (κ3) is 3.65. The average Bonchev–Trinajstić information content (AvgIpc) is 2.74. The van der Waals surface area contributed by atoms with Crippen LogP contribution in [0.1, 0.15) is 25.3 Å². The predicted molar refractivity (Wildman–Crippen MR) is 73.5 cm³/mol. The summed E-state index contributed by atoms with van der Waals surface area (Å²) in [4.78, 5) is 17.6. The fraction of sp³-hybridized carbons (Fsp3) is 0.538. The first kappa shape index (κ1) is 13.8. The van der Waals surface area contributed by atoms with Gasteiger partial charge in [0.05, 0.1) is 13.2 Å². The van der Waals surface area contributed by atoms with Crippen LogP contribution in [0, 0.1) is 0 Å².